The van der Waals surface area contributed by atoms with Crippen LogP contribution in [0.2, 0.25) is 0 Å². The fourth-order valence-electron chi connectivity index (χ4n) is 4.53. The van der Waals surface area contributed by atoms with E-state index >= 15 is 0 Å². The predicted octanol–water partition coefficient (Wildman–Crippen LogP) is 0.132. The van der Waals surface area contributed by atoms with Gasteiger partial charge in [0.1, 0.15) is 0 Å². The molecule has 25 heavy (non-hydrogen) atoms. The Hall–Kier alpha value is -1.11. The molecule has 0 bridgehead atoms. The first-order chi connectivity index (χ1) is 12.3. The SMILES string of the molecule is CN1CCC2c3ccc([I-]N4CCc5ccccc5C4)cc3NC2C1. The molecule has 2 atom stereocenters. The molecule has 1 N–H and O–H groups in total. The zero-order valence-corrected chi connectivity index (χ0v) is 16.9. The molecule has 1 saturated heterocycles. The van der Waals surface area contributed by atoms with Crippen LogP contribution in [0.5, 0.6) is 0 Å². The van der Waals surface area contributed by atoms with E-state index < -0.39 is 0 Å². The summed E-state index contributed by atoms with van der Waals surface area (Å²) in [5.74, 6) is 0.723. The monoisotopic (exact) mass is 446 g/mol. The van der Waals surface area contributed by atoms with Crippen molar-refractivity contribution in [2.24, 2.45) is 0 Å². The Kier molecular flexibility index (Phi) is 4.22. The summed E-state index contributed by atoms with van der Waals surface area (Å²) in [4.78, 5) is 2.46. The van der Waals surface area contributed by atoms with Gasteiger partial charge < -0.3 is 0 Å². The summed E-state index contributed by atoms with van der Waals surface area (Å²) >= 11 is -0.0769. The summed E-state index contributed by atoms with van der Waals surface area (Å²) in [5, 5.41) is 3.82. The second-order valence-corrected chi connectivity index (χ2v) is 10.7. The third kappa shape index (κ3) is 3.09. The van der Waals surface area contributed by atoms with Gasteiger partial charge in [-0.3, -0.25) is 0 Å². The van der Waals surface area contributed by atoms with Crippen LogP contribution >= 0.6 is 0 Å². The molecule has 2 unspecified atom stereocenters. The Balaban J connectivity index is 1.32. The maximum absolute atomic E-state index is 3.82. The van der Waals surface area contributed by atoms with Gasteiger partial charge in [-0.25, -0.2) is 0 Å². The van der Waals surface area contributed by atoms with E-state index in [-0.39, 0.29) is 21.5 Å². The second kappa shape index (κ2) is 6.56. The third-order valence-electron chi connectivity index (χ3n) is 5.87. The fraction of sp³-hybridized carbons (Fsp3) is 0.429. The van der Waals surface area contributed by atoms with E-state index in [4.69, 9.17) is 0 Å². The van der Waals surface area contributed by atoms with Crippen LogP contribution in [0.3, 0.4) is 0 Å². The van der Waals surface area contributed by atoms with Gasteiger partial charge in [0.05, 0.1) is 0 Å². The standard InChI is InChI=1S/C21H25IN3/c1-24-10-9-19-18-7-6-17(12-20(18)23-21(19)14-24)22-25-11-8-15-4-2-3-5-16(15)13-25/h2-7,12,19,21,23H,8-11,13-14H2,1H3/q-1. The number of nitrogens with one attached hydrogen (secondary N) is 1. The quantitative estimate of drug-likeness (QED) is 0.523. The molecule has 132 valence electrons. The van der Waals surface area contributed by atoms with Crippen molar-refractivity contribution in [3.63, 3.8) is 0 Å². The maximum atomic E-state index is 3.82. The molecular weight excluding hydrogens is 421 g/mol. The van der Waals surface area contributed by atoms with Crippen LogP contribution in [-0.4, -0.2) is 40.7 Å². The number of nitrogens with zero attached hydrogens (tertiary/aromatic N) is 2. The number of hydrogen-bond acceptors (Lipinski definition) is 3. The molecule has 0 saturated carbocycles. The van der Waals surface area contributed by atoms with Crippen LogP contribution in [0.25, 0.3) is 0 Å². The minimum absolute atomic E-state index is 0.0769. The number of likely N-dealkylation sites (tertiary alicyclic amines) is 1. The molecule has 0 aromatic heterocycles. The van der Waals surface area contributed by atoms with Crippen LogP contribution in [0.15, 0.2) is 42.5 Å². The molecular formula is C21H25IN3-. The molecule has 1 fully saturated rings. The van der Waals surface area contributed by atoms with Crippen molar-refractivity contribution >= 4 is 5.69 Å². The van der Waals surface area contributed by atoms with Gasteiger partial charge in [0, 0.05) is 0 Å². The number of likely N-dealkylation sites (N-methyl/N-ethyl adjacent to an activating group) is 1. The molecule has 3 aliphatic heterocycles. The number of hydrogen-bond donors (Lipinski definition) is 1. The molecule has 3 aliphatic rings. The Morgan fingerprint density at radius 2 is 1.96 bits per heavy atom. The van der Waals surface area contributed by atoms with Crippen molar-refractivity contribution in [1.29, 1.82) is 0 Å². The number of benzene rings is 2. The summed E-state index contributed by atoms with van der Waals surface area (Å²) in [6, 6.07) is 16.9. The fourth-order valence-corrected chi connectivity index (χ4v) is 7.13. The number of piperidine rings is 1. The van der Waals surface area contributed by atoms with Gasteiger partial charge in [-0.15, -0.1) is 0 Å². The molecule has 3 nitrogen and oxygen atoms in total. The van der Waals surface area contributed by atoms with Crippen molar-refractivity contribution in [2.75, 3.05) is 32.0 Å². The first kappa shape index (κ1) is 16.1. The Labute approximate surface area is 161 Å². The van der Waals surface area contributed by atoms with Crippen LogP contribution < -0.4 is 26.8 Å². The van der Waals surface area contributed by atoms with Gasteiger partial charge in [-0.1, -0.05) is 0 Å². The third-order valence-corrected chi connectivity index (χ3v) is 8.61. The average Bonchev–Trinajstić information content (AvgIpc) is 2.98. The Morgan fingerprint density at radius 1 is 1.08 bits per heavy atom. The molecule has 0 aliphatic carbocycles. The predicted molar refractivity (Wildman–Crippen MR) is 98.0 cm³/mol. The van der Waals surface area contributed by atoms with Gasteiger partial charge in [0.15, 0.2) is 0 Å². The van der Waals surface area contributed by atoms with E-state index in [0.29, 0.717) is 6.04 Å². The molecule has 0 spiro atoms. The van der Waals surface area contributed by atoms with Gasteiger partial charge in [-0.2, -0.15) is 0 Å². The van der Waals surface area contributed by atoms with Crippen molar-refractivity contribution in [3.8, 4) is 0 Å². The zero-order chi connectivity index (χ0) is 16.8. The van der Waals surface area contributed by atoms with E-state index in [0.717, 1.165) is 12.5 Å². The van der Waals surface area contributed by atoms with E-state index in [9.17, 15) is 0 Å². The van der Waals surface area contributed by atoms with Crippen LogP contribution in [-0.2, 0) is 13.0 Å². The van der Waals surface area contributed by atoms with Crippen molar-refractivity contribution < 1.29 is 21.5 Å². The first-order valence-electron chi connectivity index (χ1n) is 9.32. The van der Waals surface area contributed by atoms with Crippen molar-refractivity contribution in [3.05, 3.63) is 62.7 Å². The summed E-state index contributed by atoms with van der Waals surface area (Å²) in [5.41, 5.74) is 6.06. The van der Waals surface area contributed by atoms with Gasteiger partial charge in [0.25, 0.3) is 0 Å². The van der Waals surface area contributed by atoms with Crippen molar-refractivity contribution in [2.45, 2.75) is 31.3 Å². The van der Waals surface area contributed by atoms with E-state index in [1.165, 1.54) is 43.7 Å². The molecule has 2 aromatic rings. The minimum atomic E-state index is -0.0769. The normalized spacial score (nSPS) is 26.0. The number of fused-ring (bicyclic) bond motifs is 4. The van der Waals surface area contributed by atoms with Crippen LogP contribution in [0.1, 0.15) is 29.0 Å². The molecule has 0 amide bonds. The van der Waals surface area contributed by atoms with Gasteiger partial charge >= 0.3 is 161 Å². The van der Waals surface area contributed by atoms with Gasteiger partial charge in [0.2, 0.25) is 0 Å². The van der Waals surface area contributed by atoms with Crippen LogP contribution in [0.4, 0.5) is 5.69 Å². The first-order valence-corrected chi connectivity index (χ1v) is 11.4. The summed E-state index contributed by atoms with van der Waals surface area (Å²) in [6.07, 6.45) is 2.49. The molecule has 4 heteroatoms. The zero-order valence-electron chi connectivity index (χ0n) is 14.7. The van der Waals surface area contributed by atoms with E-state index in [1.54, 1.807) is 14.7 Å². The summed E-state index contributed by atoms with van der Waals surface area (Å²) in [7, 11) is 2.24. The Morgan fingerprint density at radius 3 is 2.88 bits per heavy atom. The summed E-state index contributed by atoms with van der Waals surface area (Å²) in [6.45, 7) is 4.74. The molecule has 5 rings (SSSR count). The topological polar surface area (TPSA) is 18.5 Å². The molecule has 0 radical (unpaired) electrons. The summed E-state index contributed by atoms with van der Waals surface area (Å²) < 4.78 is 4.25. The van der Waals surface area contributed by atoms with E-state index in [1.807, 2.05) is 0 Å². The number of anilines is 1. The molecule has 2 aromatic carbocycles. The Bertz CT molecular complexity index is 790. The van der Waals surface area contributed by atoms with Crippen molar-refractivity contribution in [1.82, 2.24) is 8.01 Å². The van der Waals surface area contributed by atoms with Gasteiger partial charge in [-0.05, 0) is 0 Å². The molecule has 3 heterocycles. The van der Waals surface area contributed by atoms with Crippen LogP contribution in [0, 0.1) is 3.57 Å². The second-order valence-electron chi connectivity index (χ2n) is 7.59. The number of halogens is 1. The number of rotatable bonds is 2. The van der Waals surface area contributed by atoms with E-state index in [2.05, 4.69) is 62.8 Å². The average molecular weight is 446 g/mol.